The van der Waals surface area contributed by atoms with Crippen molar-refractivity contribution >= 4 is 10.1 Å². The second-order valence-electron chi connectivity index (χ2n) is 5.14. The third-order valence-electron chi connectivity index (χ3n) is 3.14. The Bertz CT molecular complexity index is 464. The van der Waals surface area contributed by atoms with Gasteiger partial charge in [0.2, 0.25) is 0 Å². The molecule has 136 valence electrons. The summed E-state index contributed by atoms with van der Waals surface area (Å²) in [6.07, 6.45) is 14.4. The first kappa shape index (κ1) is 21.8. The van der Waals surface area contributed by atoms with Crippen LogP contribution in [0.15, 0.2) is 25.2 Å². The molecule has 1 aliphatic rings. The summed E-state index contributed by atoms with van der Waals surface area (Å²) in [5, 5.41) is 0. The van der Waals surface area contributed by atoms with Gasteiger partial charge in [0.05, 0.1) is 6.67 Å². The first-order valence-electron chi connectivity index (χ1n) is 7.46. The molecule has 5 nitrogen and oxygen atoms in total. The number of hydrogen-bond acceptors (Lipinski definition) is 4. The molecule has 1 rings (SSSR count). The van der Waals surface area contributed by atoms with Gasteiger partial charge in [-0.3, -0.25) is 4.55 Å². The number of halogens is 3. The highest BCUT2D eigenvalue weighted by Gasteiger charge is 2.44. The van der Waals surface area contributed by atoms with Crippen molar-refractivity contribution in [2.45, 2.75) is 51.0 Å². The zero-order valence-corrected chi connectivity index (χ0v) is 14.1. The maximum Gasteiger partial charge on any atom is 0.522 e. The minimum Gasteiger partial charge on any atom is -0.358 e. The number of alkyl halides is 3. The fourth-order valence-corrected chi connectivity index (χ4v) is 1.84. The van der Waals surface area contributed by atoms with Crippen LogP contribution in [0.25, 0.3) is 0 Å². The van der Waals surface area contributed by atoms with Crippen LogP contribution in [0.5, 0.6) is 0 Å². The summed E-state index contributed by atoms with van der Waals surface area (Å²) < 4.78 is 57.5. The van der Waals surface area contributed by atoms with Crippen LogP contribution < -0.4 is 0 Å². The maximum absolute atomic E-state index is 10.7. The number of nitrogens with zero attached hydrogens (tertiary/aromatic N) is 2. The van der Waals surface area contributed by atoms with Crippen LogP contribution in [-0.4, -0.2) is 41.5 Å². The summed E-state index contributed by atoms with van der Waals surface area (Å²) in [6.45, 7) is 8.19. The fraction of sp³-hybridized carbons (Fsp3) is 0.714. The van der Waals surface area contributed by atoms with Gasteiger partial charge < -0.3 is 9.80 Å². The molecule has 0 aromatic heterocycles. The van der Waals surface area contributed by atoms with Gasteiger partial charge in [0, 0.05) is 18.9 Å². The van der Waals surface area contributed by atoms with Crippen LogP contribution in [0.2, 0.25) is 0 Å². The lowest BCUT2D eigenvalue weighted by atomic mass is 10.1. The zero-order chi connectivity index (χ0) is 17.9. The van der Waals surface area contributed by atoms with Crippen molar-refractivity contribution in [2.24, 2.45) is 0 Å². The van der Waals surface area contributed by atoms with E-state index in [1.54, 1.807) is 0 Å². The molecule has 0 atom stereocenters. The molecule has 0 unspecified atom stereocenters. The minimum absolute atomic E-state index is 0.985. The van der Waals surface area contributed by atoms with Crippen LogP contribution in [0.3, 0.4) is 0 Å². The van der Waals surface area contributed by atoms with Crippen molar-refractivity contribution in [1.29, 1.82) is 0 Å². The SMILES string of the molecule is C=CN1C=CN(CCCCCCCC)C1.O=S(=O)(O)C(F)(F)F. The minimum atomic E-state index is -5.84. The molecule has 0 radical (unpaired) electrons. The van der Waals surface area contributed by atoms with E-state index < -0.39 is 15.6 Å². The zero-order valence-electron chi connectivity index (χ0n) is 13.3. The molecule has 0 aliphatic carbocycles. The average molecular weight is 358 g/mol. The van der Waals surface area contributed by atoms with E-state index >= 15 is 0 Å². The summed E-state index contributed by atoms with van der Waals surface area (Å²) in [4.78, 5) is 4.46. The Balaban J connectivity index is 0.000000515. The molecule has 0 bridgehead atoms. The summed E-state index contributed by atoms with van der Waals surface area (Å²) in [7, 11) is -5.84. The van der Waals surface area contributed by atoms with E-state index in [9.17, 15) is 13.2 Å². The molecule has 0 fully saturated rings. The second-order valence-corrected chi connectivity index (χ2v) is 6.55. The van der Waals surface area contributed by atoms with Crippen molar-refractivity contribution in [3.63, 3.8) is 0 Å². The number of rotatable bonds is 8. The standard InChI is InChI=1S/C13H24N2.CHF3O3S/c1-3-5-6-7-8-9-10-15-12-11-14(4-2)13-15;2-1(3,4)8(5,6)7/h4,11-12H,2-3,5-10,13H2,1H3;(H,5,6,7). The number of hydrogen-bond donors (Lipinski definition) is 1. The summed E-state index contributed by atoms with van der Waals surface area (Å²) in [6, 6.07) is 0. The van der Waals surface area contributed by atoms with Gasteiger partial charge in [-0.25, -0.2) is 0 Å². The molecule has 9 heteroatoms. The summed E-state index contributed by atoms with van der Waals surface area (Å²) in [5.74, 6) is 0. The third kappa shape index (κ3) is 10.2. The maximum atomic E-state index is 10.7. The van der Waals surface area contributed by atoms with Gasteiger partial charge in [-0.1, -0.05) is 45.6 Å². The van der Waals surface area contributed by atoms with E-state index in [-0.39, 0.29) is 0 Å². The molecule has 0 saturated heterocycles. The van der Waals surface area contributed by atoms with Gasteiger partial charge >= 0.3 is 15.6 Å². The van der Waals surface area contributed by atoms with Crippen molar-refractivity contribution in [3.05, 3.63) is 25.2 Å². The molecule has 1 heterocycles. The molecule has 0 aromatic carbocycles. The van der Waals surface area contributed by atoms with E-state index in [2.05, 4.69) is 35.7 Å². The van der Waals surface area contributed by atoms with Crippen LogP contribution in [0, 0.1) is 0 Å². The average Bonchev–Trinajstić information content (AvgIpc) is 2.89. The largest absolute Gasteiger partial charge is 0.522 e. The van der Waals surface area contributed by atoms with E-state index in [0.717, 1.165) is 6.67 Å². The van der Waals surface area contributed by atoms with Gasteiger partial charge in [0.25, 0.3) is 0 Å². The lowest BCUT2D eigenvalue weighted by Gasteiger charge is -2.18. The van der Waals surface area contributed by atoms with Gasteiger partial charge in [-0.05, 0) is 12.6 Å². The predicted octanol–water partition coefficient (Wildman–Crippen LogP) is 3.93. The normalized spacial score (nSPS) is 14.7. The van der Waals surface area contributed by atoms with Crippen LogP contribution in [0.4, 0.5) is 13.2 Å². The predicted molar refractivity (Wildman–Crippen MR) is 83.7 cm³/mol. The Morgan fingerprint density at radius 2 is 1.70 bits per heavy atom. The molecule has 0 saturated carbocycles. The Morgan fingerprint density at radius 3 is 2.13 bits per heavy atom. The Kier molecular flexibility index (Phi) is 9.98. The lowest BCUT2D eigenvalue weighted by molar-refractivity contribution is -0.0510. The van der Waals surface area contributed by atoms with Crippen molar-refractivity contribution in [2.75, 3.05) is 13.2 Å². The third-order valence-corrected chi connectivity index (χ3v) is 3.72. The molecular weight excluding hydrogens is 333 g/mol. The molecule has 0 aromatic rings. The van der Waals surface area contributed by atoms with Crippen LogP contribution in [0.1, 0.15) is 45.4 Å². The van der Waals surface area contributed by atoms with E-state index in [1.165, 1.54) is 45.1 Å². The highest BCUT2D eigenvalue weighted by molar-refractivity contribution is 7.86. The van der Waals surface area contributed by atoms with Crippen molar-refractivity contribution in [1.82, 2.24) is 9.80 Å². The van der Waals surface area contributed by atoms with Gasteiger partial charge in [-0.15, -0.1) is 0 Å². The van der Waals surface area contributed by atoms with E-state index in [0.29, 0.717) is 0 Å². The number of unbranched alkanes of at least 4 members (excludes halogenated alkanes) is 5. The van der Waals surface area contributed by atoms with E-state index in [1.807, 2.05) is 6.20 Å². The second kappa shape index (κ2) is 10.5. The topological polar surface area (TPSA) is 60.9 Å². The highest BCUT2D eigenvalue weighted by Crippen LogP contribution is 2.20. The van der Waals surface area contributed by atoms with Crippen molar-refractivity contribution in [3.8, 4) is 0 Å². The smallest absolute Gasteiger partial charge is 0.358 e. The molecule has 0 spiro atoms. The Hall–Kier alpha value is -1.22. The van der Waals surface area contributed by atoms with Gasteiger partial charge in [0.1, 0.15) is 0 Å². The lowest BCUT2D eigenvalue weighted by Crippen LogP contribution is -2.22. The molecule has 0 amide bonds. The van der Waals surface area contributed by atoms with Crippen LogP contribution >= 0.6 is 0 Å². The fourth-order valence-electron chi connectivity index (χ4n) is 1.84. The first-order chi connectivity index (χ1) is 10.6. The van der Waals surface area contributed by atoms with E-state index in [4.69, 9.17) is 13.0 Å². The molecule has 1 N–H and O–H groups in total. The Morgan fingerprint density at radius 1 is 1.17 bits per heavy atom. The van der Waals surface area contributed by atoms with Crippen LogP contribution in [-0.2, 0) is 10.1 Å². The monoisotopic (exact) mass is 358 g/mol. The Labute approximate surface area is 136 Å². The first-order valence-corrected chi connectivity index (χ1v) is 8.90. The molecule has 1 aliphatic heterocycles. The summed E-state index contributed by atoms with van der Waals surface area (Å²) in [5.41, 5.74) is -5.53. The molecular formula is C14H25F3N2O3S. The van der Waals surface area contributed by atoms with Gasteiger partial charge in [-0.2, -0.15) is 21.6 Å². The van der Waals surface area contributed by atoms with Crippen molar-refractivity contribution < 1.29 is 26.1 Å². The van der Waals surface area contributed by atoms with Gasteiger partial charge in [0.15, 0.2) is 0 Å². The highest BCUT2D eigenvalue weighted by atomic mass is 32.2. The summed E-state index contributed by atoms with van der Waals surface area (Å²) >= 11 is 0. The quantitative estimate of drug-likeness (QED) is 0.405. The molecule has 23 heavy (non-hydrogen) atoms.